The van der Waals surface area contributed by atoms with Gasteiger partial charge in [-0.3, -0.25) is 0 Å². The third kappa shape index (κ3) is 3.58. The molecule has 0 aliphatic heterocycles. The Morgan fingerprint density at radius 3 is 2.68 bits per heavy atom. The predicted molar refractivity (Wildman–Crippen MR) is 81.9 cm³/mol. The molecule has 0 bridgehead atoms. The van der Waals surface area contributed by atoms with E-state index in [9.17, 15) is 0 Å². The molecule has 0 spiro atoms. The number of hydrogen-bond donors (Lipinski definition) is 1. The van der Waals surface area contributed by atoms with E-state index in [-0.39, 0.29) is 6.04 Å². The van der Waals surface area contributed by atoms with Crippen molar-refractivity contribution in [2.24, 2.45) is 11.7 Å². The fourth-order valence-electron chi connectivity index (χ4n) is 2.15. The lowest BCUT2D eigenvalue weighted by Gasteiger charge is -2.12. The van der Waals surface area contributed by atoms with E-state index in [2.05, 4.69) is 38.1 Å². The third-order valence-corrected chi connectivity index (χ3v) is 4.09. The minimum atomic E-state index is -0.0685. The number of rotatable bonds is 5. The molecule has 1 heterocycles. The van der Waals surface area contributed by atoms with Gasteiger partial charge < -0.3 is 10.5 Å². The van der Waals surface area contributed by atoms with Gasteiger partial charge in [0.1, 0.15) is 5.75 Å². The smallest absolute Gasteiger partial charge is 0.129 e. The van der Waals surface area contributed by atoms with Crippen LogP contribution in [0, 0.1) is 5.92 Å². The summed E-state index contributed by atoms with van der Waals surface area (Å²) in [4.78, 5) is 1.14. The molecule has 0 aliphatic rings. The average Bonchev–Trinajstić information content (AvgIpc) is 2.86. The van der Waals surface area contributed by atoms with Crippen LogP contribution in [0.1, 0.15) is 35.9 Å². The zero-order valence-electron chi connectivity index (χ0n) is 11.7. The number of methoxy groups -OCH3 is 1. The van der Waals surface area contributed by atoms with E-state index >= 15 is 0 Å². The molecule has 2 aromatic rings. The molecule has 0 saturated carbocycles. The fourth-order valence-corrected chi connectivity index (χ4v) is 3.04. The van der Waals surface area contributed by atoms with Crippen LogP contribution < -0.4 is 10.5 Å². The van der Waals surface area contributed by atoms with Gasteiger partial charge >= 0.3 is 0 Å². The van der Waals surface area contributed by atoms with Gasteiger partial charge in [0.05, 0.1) is 13.2 Å². The van der Waals surface area contributed by atoms with Crippen molar-refractivity contribution in [3.63, 3.8) is 0 Å². The van der Waals surface area contributed by atoms with Crippen molar-refractivity contribution >= 4 is 11.3 Å². The average molecular weight is 275 g/mol. The zero-order valence-corrected chi connectivity index (χ0v) is 12.5. The van der Waals surface area contributed by atoms with E-state index in [4.69, 9.17) is 10.5 Å². The van der Waals surface area contributed by atoms with Gasteiger partial charge in [-0.25, -0.2) is 0 Å². The topological polar surface area (TPSA) is 35.2 Å². The molecule has 0 saturated heterocycles. The van der Waals surface area contributed by atoms with E-state index in [1.165, 1.54) is 11.1 Å². The van der Waals surface area contributed by atoms with Gasteiger partial charge in [0.15, 0.2) is 0 Å². The van der Waals surface area contributed by atoms with E-state index in [0.717, 1.165) is 17.0 Å². The maximum Gasteiger partial charge on any atom is 0.129 e. The van der Waals surface area contributed by atoms with E-state index in [1.807, 2.05) is 11.4 Å². The van der Waals surface area contributed by atoms with Gasteiger partial charge in [-0.15, -0.1) is 11.3 Å². The van der Waals surface area contributed by atoms with Crippen molar-refractivity contribution in [1.82, 2.24) is 0 Å². The monoisotopic (exact) mass is 275 g/mol. The van der Waals surface area contributed by atoms with Gasteiger partial charge in [-0.05, 0) is 29.5 Å². The van der Waals surface area contributed by atoms with E-state index in [1.54, 1.807) is 18.4 Å². The molecule has 1 atom stereocenters. The normalized spacial score (nSPS) is 12.7. The summed E-state index contributed by atoms with van der Waals surface area (Å²) in [5.41, 5.74) is 8.86. The summed E-state index contributed by atoms with van der Waals surface area (Å²) >= 11 is 1.65. The Morgan fingerprint density at radius 2 is 2.05 bits per heavy atom. The van der Waals surface area contributed by atoms with Crippen LogP contribution in [-0.4, -0.2) is 7.11 Å². The maximum absolute atomic E-state index is 6.34. The number of ether oxygens (including phenoxy) is 1. The maximum atomic E-state index is 6.34. The number of thiophene rings is 1. The van der Waals surface area contributed by atoms with Crippen LogP contribution in [0.25, 0.3) is 0 Å². The molecule has 0 aliphatic carbocycles. The van der Waals surface area contributed by atoms with Crippen LogP contribution in [0.15, 0.2) is 35.7 Å². The van der Waals surface area contributed by atoms with Crippen molar-refractivity contribution < 1.29 is 4.74 Å². The molecule has 0 fully saturated rings. The summed E-state index contributed by atoms with van der Waals surface area (Å²) in [5, 5.41) is 1.99. The Hall–Kier alpha value is -1.32. The molecule has 0 amide bonds. The van der Waals surface area contributed by atoms with Crippen molar-refractivity contribution in [3.8, 4) is 5.75 Å². The molecule has 1 aromatic heterocycles. The molecule has 102 valence electrons. The highest BCUT2D eigenvalue weighted by atomic mass is 32.1. The van der Waals surface area contributed by atoms with Crippen molar-refractivity contribution in [1.29, 1.82) is 0 Å². The largest absolute Gasteiger partial charge is 0.496 e. The molecule has 19 heavy (non-hydrogen) atoms. The summed E-state index contributed by atoms with van der Waals surface area (Å²) in [7, 11) is 1.68. The third-order valence-electron chi connectivity index (χ3n) is 3.09. The van der Waals surface area contributed by atoms with Gasteiger partial charge in [0.25, 0.3) is 0 Å². The molecular formula is C16H21NOS. The summed E-state index contributed by atoms with van der Waals surface area (Å²) in [5.74, 6) is 1.54. The van der Waals surface area contributed by atoms with E-state index < -0.39 is 0 Å². The number of nitrogens with two attached hydrogens (primary N) is 1. The Balaban J connectivity index is 2.20. The SMILES string of the molecule is COc1csc(C(N)c2cccc(CC(C)C)c2)c1. The number of hydrogen-bond acceptors (Lipinski definition) is 3. The van der Waals surface area contributed by atoms with Crippen LogP contribution in [0.2, 0.25) is 0 Å². The van der Waals surface area contributed by atoms with Crippen LogP contribution in [0.5, 0.6) is 5.75 Å². The predicted octanol–water partition coefficient (Wildman–Crippen LogP) is 4.00. The first-order chi connectivity index (χ1) is 9.10. The molecule has 0 radical (unpaired) electrons. The van der Waals surface area contributed by atoms with Gasteiger partial charge in [-0.2, -0.15) is 0 Å². The Labute approximate surface area is 119 Å². The molecule has 2 nitrogen and oxygen atoms in total. The summed E-state index contributed by atoms with van der Waals surface area (Å²) < 4.78 is 5.21. The Bertz CT molecular complexity index is 533. The standard InChI is InChI=1S/C16H21NOS/c1-11(2)7-12-5-4-6-13(8-12)16(17)15-9-14(18-3)10-19-15/h4-6,8-11,16H,7,17H2,1-3H3. The Morgan fingerprint density at radius 1 is 1.26 bits per heavy atom. The molecule has 1 aromatic carbocycles. The lowest BCUT2D eigenvalue weighted by Crippen LogP contribution is -2.10. The highest BCUT2D eigenvalue weighted by Crippen LogP contribution is 2.29. The van der Waals surface area contributed by atoms with Crippen LogP contribution in [0.4, 0.5) is 0 Å². The molecular weight excluding hydrogens is 254 g/mol. The highest BCUT2D eigenvalue weighted by molar-refractivity contribution is 7.10. The van der Waals surface area contributed by atoms with Crippen molar-refractivity contribution in [2.45, 2.75) is 26.3 Å². The lowest BCUT2D eigenvalue weighted by atomic mass is 9.98. The fraction of sp³-hybridized carbons (Fsp3) is 0.375. The summed E-state index contributed by atoms with van der Waals surface area (Å²) in [6, 6.07) is 10.5. The van der Waals surface area contributed by atoms with Crippen LogP contribution in [0.3, 0.4) is 0 Å². The molecule has 1 unspecified atom stereocenters. The first kappa shape index (κ1) is 14.1. The molecule has 2 N–H and O–H groups in total. The minimum absolute atomic E-state index is 0.0685. The quantitative estimate of drug-likeness (QED) is 0.895. The second kappa shape index (κ2) is 6.22. The highest BCUT2D eigenvalue weighted by Gasteiger charge is 2.12. The second-order valence-corrected chi connectivity index (χ2v) is 6.15. The first-order valence-corrected chi connectivity index (χ1v) is 7.45. The first-order valence-electron chi connectivity index (χ1n) is 6.57. The minimum Gasteiger partial charge on any atom is -0.496 e. The Kier molecular flexibility index (Phi) is 4.61. The number of benzene rings is 1. The van der Waals surface area contributed by atoms with Gasteiger partial charge in [-0.1, -0.05) is 38.1 Å². The lowest BCUT2D eigenvalue weighted by molar-refractivity contribution is 0.416. The van der Waals surface area contributed by atoms with E-state index in [0.29, 0.717) is 5.92 Å². The van der Waals surface area contributed by atoms with Crippen molar-refractivity contribution in [2.75, 3.05) is 7.11 Å². The van der Waals surface area contributed by atoms with Crippen LogP contribution in [-0.2, 0) is 6.42 Å². The molecule has 2 rings (SSSR count). The van der Waals surface area contributed by atoms with Gasteiger partial charge in [0.2, 0.25) is 0 Å². The van der Waals surface area contributed by atoms with Crippen LogP contribution >= 0.6 is 11.3 Å². The van der Waals surface area contributed by atoms with Crippen molar-refractivity contribution in [3.05, 3.63) is 51.7 Å². The second-order valence-electron chi connectivity index (χ2n) is 5.21. The summed E-state index contributed by atoms with van der Waals surface area (Å²) in [6.07, 6.45) is 1.09. The summed E-state index contributed by atoms with van der Waals surface area (Å²) in [6.45, 7) is 4.47. The molecule has 3 heteroatoms. The zero-order chi connectivity index (χ0) is 13.8. The van der Waals surface area contributed by atoms with Gasteiger partial charge in [0, 0.05) is 10.3 Å².